The standard InChI is InChI=1S/C25H22N2O6S/c28-24(33-23(18-9-3-1-4-10-18)19-11-5-2-6-12-19)22-16-34-17-26(22)25(29)32-15-20-13-7-8-14-21(20)27(30)31/h1-14,22-23H,15-17H2/t22-/m1/s1. The summed E-state index contributed by atoms with van der Waals surface area (Å²) in [6.07, 6.45) is -1.34. The van der Waals surface area contributed by atoms with Crippen LogP contribution in [0.25, 0.3) is 0 Å². The molecule has 1 atom stereocenters. The Morgan fingerprint density at radius 2 is 1.56 bits per heavy atom. The van der Waals surface area contributed by atoms with Gasteiger partial charge in [0.25, 0.3) is 5.69 Å². The lowest BCUT2D eigenvalue weighted by molar-refractivity contribution is -0.385. The van der Waals surface area contributed by atoms with Crippen molar-refractivity contribution in [2.75, 3.05) is 11.6 Å². The maximum atomic E-state index is 13.2. The molecule has 0 N–H and O–H groups in total. The Balaban J connectivity index is 1.46. The van der Waals surface area contributed by atoms with E-state index >= 15 is 0 Å². The third-order valence-corrected chi connectivity index (χ3v) is 6.38. The number of hydrogen-bond donors (Lipinski definition) is 0. The minimum absolute atomic E-state index is 0.129. The summed E-state index contributed by atoms with van der Waals surface area (Å²) in [5, 5.41) is 11.2. The van der Waals surface area contributed by atoms with Crippen LogP contribution in [-0.2, 0) is 20.9 Å². The van der Waals surface area contributed by atoms with E-state index in [0.717, 1.165) is 11.1 Å². The molecule has 174 valence electrons. The van der Waals surface area contributed by atoms with Gasteiger partial charge in [0.2, 0.25) is 0 Å². The molecule has 34 heavy (non-hydrogen) atoms. The Labute approximate surface area is 200 Å². The normalized spacial score (nSPS) is 15.2. The van der Waals surface area contributed by atoms with Crippen LogP contribution in [0.15, 0.2) is 84.9 Å². The van der Waals surface area contributed by atoms with Crippen molar-refractivity contribution in [1.82, 2.24) is 4.90 Å². The maximum Gasteiger partial charge on any atom is 0.411 e. The monoisotopic (exact) mass is 478 g/mol. The van der Waals surface area contributed by atoms with Crippen molar-refractivity contribution in [3.8, 4) is 0 Å². The third-order valence-electron chi connectivity index (χ3n) is 5.37. The van der Waals surface area contributed by atoms with Crippen molar-refractivity contribution in [2.24, 2.45) is 0 Å². The molecule has 9 heteroatoms. The van der Waals surface area contributed by atoms with E-state index in [1.165, 1.54) is 28.8 Å². The molecule has 3 aromatic carbocycles. The van der Waals surface area contributed by atoms with Gasteiger partial charge in [0.1, 0.15) is 12.6 Å². The largest absolute Gasteiger partial charge is 0.451 e. The van der Waals surface area contributed by atoms with Crippen LogP contribution in [0.1, 0.15) is 22.8 Å². The van der Waals surface area contributed by atoms with Crippen LogP contribution >= 0.6 is 11.8 Å². The van der Waals surface area contributed by atoms with Crippen LogP contribution in [0.3, 0.4) is 0 Å². The smallest absolute Gasteiger partial charge is 0.411 e. The quantitative estimate of drug-likeness (QED) is 0.269. The first-order valence-electron chi connectivity index (χ1n) is 10.6. The van der Waals surface area contributed by atoms with E-state index in [1.54, 1.807) is 12.1 Å². The Morgan fingerprint density at radius 3 is 2.18 bits per heavy atom. The van der Waals surface area contributed by atoms with E-state index in [2.05, 4.69) is 0 Å². The molecular weight excluding hydrogens is 456 g/mol. The number of esters is 1. The zero-order chi connectivity index (χ0) is 23.9. The second kappa shape index (κ2) is 10.8. The first-order valence-corrected chi connectivity index (χ1v) is 11.7. The van der Waals surface area contributed by atoms with Crippen LogP contribution in [0, 0.1) is 10.1 Å². The maximum absolute atomic E-state index is 13.2. The number of nitrogens with zero attached hydrogens (tertiary/aromatic N) is 2. The van der Waals surface area contributed by atoms with Crippen LogP contribution < -0.4 is 0 Å². The summed E-state index contributed by atoms with van der Waals surface area (Å²) in [6, 6.07) is 24.0. The van der Waals surface area contributed by atoms with Gasteiger partial charge >= 0.3 is 12.1 Å². The molecule has 0 saturated carbocycles. The first-order chi connectivity index (χ1) is 16.5. The van der Waals surface area contributed by atoms with E-state index in [-0.39, 0.29) is 23.7 Å². The number of rotatable bonds is 7. The minimum Gasteiger partial charge on any atom is -0.451 e. The van der Waals surface area contributed by atoms with E-state index in [1.807, 2.05) is 60.7 Å². The molecule has 0 bridgehead atoms. The average molecular weight is 479 g/mol. The van der Waals surface area contributed by atoms with Gasteiger partial charge in [0, 0.05) is 11.8 Å². The third kappa shape index (κ3) is 5.37. The van der Waals surface area contributed by atoms with Gasteiger partial charge in [-0.05, 0) is 17.2 Å². The zero-order valence-electron chi connectivity index (χ0n) is 18.1. The van der Waals surface area contributed by atoms with Crippen LogP contribution in [0.5, 0.6) is 0 Å². The molecule has 1 saturated heterocycles. The highest BCUT2D eigenvalue weighted by Gasteiger charge is 2.38. The summed E-state index contributed by atoms with van der Waals surface area (Å²) in [5.41, 5.74) is 1.78. The molecule has 1 heterocycles. The molecule has 0 spiro atoms. The highest BCUT2D eigenvalue weighted by atomic mass is 32.2. The number of thioether (sulfide) groups is 1. The fraction of sp³-hybridized carbons (Fsp3) is 0.200. The van der Waals surface area contributed by atoms with Crippen LogP contribution in [0.2, 0.25) is 0 Å². The second-order valence-electron chi connectivity index (χ2n) is 7.56. The summed E-state index contributed by atoms with van der Waals surface area (Å²) < 4.78 is 11.2. The number of hydrogen-bond acceptors (Lipinski definition) is 7. The summed E-state index contributed by atoms with van der Waals surface area (Å²) in [5.74, 6) is 0.0948. The highest BCUT2D eigenvalue weighted by molar-refractivity contribution is 7.99. The molecule has 0 aromatic heterocycles. The predicted molar refractivity (Wildman–Crippen MR) is 127 cm³/mol. The van der Waals surface area contributed by atoms with Gasteiger partial charge in [-0.15, -0.1) is 11.8 Å². The van der Waals surface area contributed by atoms with E-state index < -0.39 is 29.1 Å². The molecule has 8 nitrogen and oxygen atoms in total. The number of amides is 1. The number of benzene rings is 3. The lowest BCUT2D eigenvalue weighted by Gasteiger charge is -2.25. The SMILES string of the molecule is O=C(OC(c1ccccc1)c1ccccc1)[C@H]1CSCN1C(=O)OCc1ccccc1[N+](=O)[O-]. The van der Waals surface area contributed by atoms with E-state index in [9.17, 15) is 19.7 Å². The highest BCUT2D eigenvalue weighted by Crippen LogP contribution is 2.30. The summed E-state index contributed by atoms with van der Waals surface area (Å²) in [7, 11) is 0. The van der Waals surface area contributed by atoms with Gasteiger partial charge in [-0.1, -0.05) is 72.8 Å². The molecule has 1 fully saturated rings. The van der Waals surface area contributed by atoms with Gasteiger partial charge in [-0.3, -0.25) is 15.0 Å². The summed E-state index contributed by atoms with van der Waals surface area (Å²) >= 11 is 1.41. The fourth-order valence-corrected chi connectivity index (χ4v) is 4.76. The van der Waals surface area contributed by atoms with E-state index in [0.29, 0.717) is 5.75 Å². The number of nitro benzene ring substituents is 1. The lowest BCUT2D eigenvalue weighted by Crippen LogP contribution is -2.43. The molecular formula is C25H22N2O6S. The number of para-hydroxylation sites is 1. The molecule has 0 radical (unpaired) electrons. The van der Waals surface area contributed by atoms with Gasteiger partial charge in [0.15, 0.2) is 6.10 Å². The van der Waals surface area contributed by atoms with Crippen molar-refractivity contribution >= 4 is 29.5 Å². The van der Waals surface area contributed by atoms with Crippen LogP contribution in [0.4, 0.5) is 10.5 Å². The fourth-order valence-electron chi connectivity index (χ4n) is 3.63. The van der Waals surface area contributed by atoms with Crippen molar-refractivity contribution in [1.29, 1.82) is 0 Å². The molecule has 1 aliphatic rings. The lowest BCUT2D eigenvalue weighted by atomic mass is 10.0. The average Bonchev–Trinajstić information content (AvgIpc) is 3.37. The van der Waals surface area contributed by atoms with Crippen molar-refractivity contribution < 1.29 is 24.0 Å². The number of ether oxygens (including phenoxy) is 2. The number of carbonyl (C=O) groups excluding carboxylic acids is 2. The summed E-state index contributed by atoms with van der Waals surface area (Å²) in [6.45, 7) is -0.268. The molecule has 0 aliphatic carbocycles. The molecule has 1 amide bonds. The Hall–Kier alpha value is -3.85. The first kappa shape index (κ1) is 23.3. The Bertz CT molecular complexity index is 1120. The molecule has 3 aromatic rings. The van der Waals surface area contributed by atoms with Crippen molar-refractivity contribution in [2.45, 2.75) is 18.8 Å². The van der Waals surface area contributed by atoms with Gasteiger partial charge < -0.3 is 9.47 Å². The zero-order valence-corrected chi connectivity index (χ0v) is 18.9. The summed E-state index contributed by atoms with van der Waals surface area (Å²) in [4.78, 5) is 37.9. The Morgan fingerprint density at radius 1 is 0.971 bits per heavy atom. The van der Waals surface area contributed by atoms with Crippen molar-refractivity contribution in [3.63, 3.8) is 0 Å². The van der Waals surface area contributed by atoms with Crippen LogP contribution in [-0.4, -0.2) is 39.6 Å². The van der Waals surface area contributed by atoms with Gasteiger partial charge in [-0.25, -0.2) is 9.59 Å². The molecule has 0 unspecified atom stereocenters. The topological polar surface area (TPSA) is 99.0 Å². The number of carbonyl (C=O) groups is 2. The van der Waals surface area contributed by atoms with Gasteiger partial charge in [0.05, 0.1) is 16.4 Å². The van der Waals surface area contributed by atoms with Crippen molar-refractivity contribution in [3.05, 3.63) is 112 Å². The minimum atomic E-state index is -0.821. The second-order valence-corrected chi connectivity index (χ2v) is 8.56. The molecule has 1 aliphatic heterocycles. The van der Waals surface area contributed by atoms with Gasteiger partial charge in [-0.2, -0.15) is 0 Å². The van der Waals surface area contributed by atoms with E-state index in [4.69, 9.17) is 9.47 Å². The Kier molecular flexibility index (Phi) is 7.44. The molecule has 4 rings (SSSR count). The predicted octanol–water partition coefficient (Wildman–Crippen LogP) is 4.94. The number of nitro groups is 1.